The molecule has 134 valence electrons. The van der Waals surface area contributed by atoms with Crippen LogP contribution in [0.25, 0.3) is 0 Å². The van der Waals surface area contributed by atoms with Gasteiger partial charge in [-0.25, -0.2) is 9.59 Å². The highest BCUT2D eigenvalue weighted by Gasteiger charge is 2.12. The van der Waals surface area contributed by atoms with Crippen molar-refractivity contribution in [1.82, 2.24) is 9.13 Å². The number of carbonyl (C=O) groups is 1. The predicted molar refractivity (Wildman–Crippen MR) is 92.8 cm³/mol. The van der Waals surface area contributed by atoms with Gasteiger partial charge in [-0.3, -0.25) is 13.9 Å². The van der Waals surface area contributed by atoms with Gasteiger partial charge in [0.2, 0.25) is 0 Å². The van der Waals surface area contributed by atoms with Crippen molar-refractivity contribution in [3.8, 4) is 5.75 Å². The molecule has 0 aliphatic carbocycles. The maximum Gasteiger partial charge on any atom is 0.338 e. The van der Waals surface area contributed by atoms with Crippen molar-refractivity contribution in [2.24, 2.45) is 20.0 Å². The van der Waals surface area contributed by atoms with E-state index in [2.05, 4.69) is 0 Å². The zero-order valence-electron chi connectivity index (χ0n) is 14.8. The topological polar surface area (TPSA) is 79.5 Å². The fourth-order valence-corrected chi connectivity index (χ4v) is 2.12. The van der Waals surface area contributed by atoms with Crippen LogP contribution in [0.2, 0.25) is 0 Å². The standard InChI is InChI=1S/C18H22N2O5/c1-12(2)10-24-15-7-5-6-13(8-15)17(22)25-11-14-9-16(21)20(4)18(23)19(14)3/h5-9,12H,10-11H2,1-4H3. The molecular formula is C18H22N2O5. The Morgan fingerprint density at radius 1 is 1.12 bits per heavy atom. The summed E-state index contributed by atoms with van der Waals surface area (Å²) < 4.78 is 13.1. The first-order chi connectivity index (χ1) is 11.8. The Kier molecular flexibility index (Phi) is 5.80. The normalized spacial score (nSPS) is 10.8. The number of ether oxygens (including phenoxy) is 2. The van der Waals surface area contributed by atoms with Gasteiger partial charge in [0.1, 0.15) is 12.4 Å². The third-order valence-corrected chi connectivity index (χ3v) is 3.63. The van der Waals surface area contributed by atoms with Gasteiger partial charge >= 0.3 is 11.7 Å². The summed E-state index contributed by atoms with van der Waals surface area (Å²) in [5.74, 6) is 0.407. The molecule has 0 amide bonds. The number of esters is 1. The molecular weight excluding hydrogens is 324 g/mol. The highest BCUT2D eigenvalue weighted by molar-refractivity contribution is 5.89. The second-order valence-electron chi connectivity index (χ2n) is 6.18. The number of hydrogen-bond acceptors (Lipinski definition) is 5. The van der Waals surface area contributed by atoms with Crippen LogP contribution >= 0.6 is 0 Å². The average molecular weight is 346 g/mol. The van der Waals surface area contributed by atoms with E-state index in [9.17, 15) is 14.4 Å². The molecule has 2 rings (SSSR count). The molecule has 2 aromatic rings. The van der Waals surface area contributed by atoms with Gasteiger partial charge in [0.25, 0.3) is 5.56 Å². The zero-order chi connectivity index (χ0) is 18.6. The number of carbonyl (C=O) groups excluding carboxylic acids is 1. The summed E-state index contributed by atoms with van der Waals surface area (Å²) in [6, 6.07) is 7.97. The number of rotatable bonds is 6. The monoisotopic (exact) mass is 346 g/mol. The first-order valence-corrected chi connectivity index (χ1v) is 7.95. The van der Waals surface area contributed by atoms with Gasteiger partial charge in [-0.2, -0.15) is 0 Å². The quantitative estimate of drug-likeness (QED) is 0.740. The van der Waals surface area contributed by atoms with Crippen LogP contribution in [-0.4, -0.2) is 21.7 Å². The third kappa shape index (κ3) is 4.59. The molecule has 0 fully saturated rings. The van der Waals surface area contributed by atoms with Crippen LogP contribution in [0, 0.1) is 5.92 Å². The molecule has 0 aliphatic rings. The summed E-state index contributed by atoms with van der Waals surface area (Å²) in [6.07, 6.45) is 0. The number of hydrogen-bond donors (Lipinski definition) is 0. The van der Waals surface area contributed by atoms with Gasteiger partial charge < -0.3 is 9.47 Å². The van der Waals surface area contributed by atoms with Gasteiger partial charge in [0.15, 0.2) is 0 Å². The van der Waals surface area contributed by atoms with E-state index in [0.717, 1.165) is 4.57 Å². The van der Waals surface area contributed by atoms with Crippen LogP contribution < -0.4 is 16.0 Å². The molecule has 7 nitrogen and oxygen atoms in total. The van der Waals surface area contributed by atoms with Gasteiger partial charge in [-0.1, -0.05) is 19.9 Å². The fraction of sp³-hybridized carbons (Fsp3) is 0.389. The number of benzene rings is 1. The minimum atomic E-state index is -0.553. The Labute approximate surface area is 145 Å². The summed E-state index contributed by atoms with van der Waals surface area (Å²) >= 11 is 0. The van der Waals surface area contributed by atoms with Crippen LogP contribution in [-0.2, 0) is 25.4 Å². The predicted octanol–water partition coefficient (Wildman–Crippen LogP) is 1.48. The van der Waals surface area contributed by atoms with Gasteiger partial charge in [0.05, 0.1) is 17.9 Å². The molecule has 1 aromatic carbocycles. The smallest absolute Gasteiger partial charge is 0.338 e. The van der Waals surface area contributed by atoms with Crippen molar-refractivity contribution >= 4 is 5.97 Å². The lowest BCUT2D eigenvalue weighted by Crippen LogP contribution is -2.38. The molecule has 0 saturated carbocycles. The Hall–Kier alpha value is -2.83. The number of aromatic nitrogens is 2. The summed E-state index contributed by atoms with van der Waals surface area (Å²) in [7, 11) is 2.91. The molecule has 0 spiro atoms. The molecule has 1 aromatic heterocycles. The van der Waals surface area contributed by atoms with E-state index in [1.54, 1.807) is 24.3 Å². The Bertz CT molecular complexity index is 880. The van der Waals surface area contributed by atoms with Crippen LogP contribution in [0.4, 0.5) is 0 Å². The van der Waals surface area contributed by atoms with E-state index >= 15 is 0 Å². The maximum absolute atomic E-state index is 12.2. The molecule has 0 bridgehead atoms. The summed E-state index contributed by atoms with van der Waals surface area (Å²) in [5, 5.41) is 0. The van der Waals surface area contributed by atoms with E-state index in [1.807, 2.05) is 13.8 Å². The molecule has 25 heavy (non-hydrogen) atoms. The zero-order valence-corrected chi connectivity index (χ0v) is 14.8. The highest BCUT2D eigenvalue weighted by Crippen LogP contribution is 2.15. The minimum absolute atomic E-state index is 0.169. The van der Waals surface area contributed by atoms with E-state index in [0.29, 0.717) is 29.5 Å². The lowest BCUT2D eigenvalue weighted by molar-refractivity contribution is 0.0462. The van der Waals surface area contributed by atoms with Crippen molar-refractivity contribution in [2.45, 2.75) is 20.5 Å². The Balaban J connectivity index is 2.10. The van der Waals surface area contributed by atoms with Gasteiger partial charge in [0, 0.05) is 20.2 Å². The number of nitrogens with zero attached hydrogens (tertiary/aromatic N) is 2. The van der Waals surface area contributed by atoms with E-state index in [1.165, 1.54) is 24.7 Å². The SMILES string of the molecule is CC(C)COc1cccc(C(=O)OCc2cc(=O)n(C)c(=O)n2C)c1. The van der Waals surface area contributed by atoms with E-state index < -0.39 is 17.2 Å². The molecule has 0 N–H and O–H groups in total. The van der Waals surface area contributed by atoms with Crippen molar-refractivity contribution < 1.29 is 14.3 Å². The molecule has 0 saturated heterocycles. The van der Waals surface area contributed by atoms with Gasteiger partial charge in [-0.15, -0.1) is 0 Å². The molecule has 0 atom stereocenters. The van der Waals surface area contributed by atoms with Crippen molar-refractivity contribution in [3.05, 3.63) is 62.4 Å². The molecule has 1 heterocycles. The Morgan fingerprint density at radius 3 is 2.52 bits per heavy atom. The second-order valence-corrected chi connectivity index (χ2v) is 6.18. The van der Waals surface area contributed by atoms with Crippen LogP contribution in [0.1, 0.15) is 29.9 Å². The van der Waals surface area contributed by atoms with E-state index in [4.69, 9.17) is 9.47 Å². The third-order valence-electron chi connectivity index (χ3n) is 3.63. The average Bonchev–Trinajstić information content (AvgIpc) is 2.60. The molecule has 0 unspecified atom stereocenters. The van der Waals surface area contributed by atoms with Crippen molar-refractivity contribution in [1.29, 1.82) is 0 Å². The summed E-state index contributed by atoms with van der Waals surface area (Å²) in [6.45, 7) is 4.45. The lowest BCUT2D eigenvalue weighted by Gasteiger charge is -2.11. The van der Waals surface area contributed by atoms with Crippen molar-refractivity contribution in [2.75, 3.05) is 6.61 Å². The molecule has 7 heteroatoms. The van der Waals surface area contributed by atoms with Crippen molar-refractivity contribution in [3.63, 3.8) is 0 Å². The lowest BCUT2D eigenvalue weighted by atomic mass is 10.2. The van der Waals surface area contributed by atoms with Crippen LogP contribution in [0.3, 0.4) is 0 Å². The van der Waals surface area contributed by atoms with E-state index in [-0.39, 0.29) is 6.61 Å². The maximum atomic E-state index is 12.2. The first-order valence-electron chi connectivity index (χ1n) is 7.95. The minimum Gasteiger partial charge on any atom is -0.493 e. The fourth-order valence-electron chi connectivity index (χ4n) is 2.12. The van der Waals surface area contributed by atoms with Crippen LogP contribution in [0.5, 0.6) is 5.75 Å². The molecule has 0 radical (unpaired) electrons. The molecule has 0 aliphatic heterocycles. The summed E-state index contributed by atoms with van der Waals surface area (Å²) in [4.78, 5) is 35.8. The summed E-state index contributed by atoms with van der Waals surface area (Å²) in [5.41, 5.74) is -0.246. The first kappa shape index (κ1) is 18.5. The largest absolute Gasteiger partial charge is 0.493 e. The van der Waals surface area contributed by atoms with Crippen LogP contribution in [0.15, 0.2) is 39.9 Å². The highest BCUT2D eigenvalue weighted by atomic mass is 16.5. The Morgan fingerprint density at radius 2 is 1.84 bits per heavy atom. The van der Waals surface area contributed by atoms with Gasteiger partial charge in [-0.05, 0) is 24.1 Å². The second kappa shape index (κ2) is 7.83.